The standard InChI is InChI=1S/C13H25N3O4/c1-19-7-5-15-11(17)9-13(3-4-14-10-13)12(18)16-6-8-20-2/h14H,3-10H2,1-2H3,(H,15,17)(H,16,18). The van der Waals surface area contributed by atoms with Crippen molar-refractivity contribution in [2.24, 2.45) is 5.41 Å². The van der Waals surface area contributed by atoms with Gasteiger partial charge in [0, 0.05) is 40.3 Å². The first-order valence-electron chi connectivity index (χ1n) is 6.88. The van der Waals surface area contributed by atoms with Crippen LogP contribution in [0.4, 0.5) is 0 Å². The quantitative estimate of drug-likeness (QED) is 0.468. The van der Waals surface area contributed by atoms with Crippen molar-refractivity contribution in [3.05, 3.63) is 0 Å². The fourth-order valence-electron chi connectivity index (χ4n) is 2.29. The van der Waals surface area contributed by atoms with E-state index in [1.165, 1.54) is 0 Å². The molecule has 2 amide bonds. The Hall–Kier alpha value is -1.18. The predicted octanol–water partition coefficient (Wildman–Crippen LogP) is -1.12. The topological polar surface area (TPSA) is 88.7 Å². The lowest BCUT2D eigenvalue weighted by Gasteiger charge is -2.26. The molecule has 1 aliphatic heterocycles. The number of hydrogen-bond acceptors (Lipinski definition) is 5. The molecule has 3 N–H and O–H groups in total. The average Bonchev–Trinajstić information content (AvgIpc) is 2.89. The molecule has 0 spiro atoms. The van der Waals surface area contributed by atoms with Crippen molar-refractivity contribution in [2.45, 2.75) is 12.8 Å². The van der Waals surface area contributed by atoms with Crippen molar-refractivity contribution in [3.8, 4) is 0 Å². The van der Waals surface area contributed by atoms with Crippen molar-refractivity contribution in [2.75, 3.05) is 53.6 Å². The van der Waals surface area contributed by atoms with Crippen molar-refractivity contribution in [1.29, 1.82) is 0 Å². The molecule has 20 heavy (non-hydrogen) atoms. The van der Waals surface area contributed by atoms with E-state index < -0.39 is 5.41 Å². The summed E-state index contributed by atoms with van der Waals surface area (Å²) >= 11 is 0. The maximum atomic E-state index is 12.3. The van der Waals surface area contributed by atoms with Crippen LogP contribution in [0.3, 0.4) is 0 Å². The summed E-state index contributed by atoms with van der Waals surface area (Å²) in [7, 11) is 3.17. The molecule has 7 nitrogen and oxygen atoms in total. The largest absolute Gasteiger partial charge is 0.383 e. The third kappa shape index (κ3) is 5.07. The minimum Gasteiger partial charge on any atom is -0.383 e. The Morgan fingerprint density at radius 1 is 1.15 bits per heavy atom. The third-order valence-corrected chi connectivity index (χ3v) is 3.44. The van der Waals surface area contributed by atoms with Crippen LogP contribution in [0.15, 0.2) is 0 Å². The summed E-state index contributed by atoms with van der Waals surface area (Å²) in [5.74, 6) is -0.200. The molecule has 0 bridgehead atoms. The Bertz CT molecular complexity index is 317. The van der Waals surface area contributed by atoms with Crippen LogP contribution < -0.4 is 16.0 Å². The summed E-state index contributed by atoms with van der Waals surface area (Å²) in [6, 6.07) is 0. The second kappa shape index (κ2) is 8.89. The van der Waals surface area contributed by atoms with Gasteiger partial charge in [-0.15, -0.1) is 0 Å². The molecular weight excluding hydrogens is 262 g/mol. The molecule has 7 heteroatoms. The van der Waals surface area contributed by atoms with Gasteiger partial charge in [-0.2, -0.15) is 0 Å². The van der Waals surface area contributed by atoms with E-state index >= 15 is 0 Å². The maximum absolute atomic E-state index is 12.3. The second-order valence-corrected chi connectivity index (χ2v) is 4.98. The van der Waals surface area contributed by atoms with E-state index in [-0.39, 0.29) is 18.2 Å². The zero-order chi connectivity index (χ0) is 14.8. The van der Waals surface area contributed by atoms with Gasteiger partial charge < -0.3 is 25.4 Å². The van der Waals surface area contributed by atoms with Gasteiger partial charge in [0.15, 0.2) is 0 Å². The number of carbonyl (C=O) groups excluding carboxylic acids is 2. The van der Waals surface area contributed by atoms with Crippen LogP contribution in [-0.2, 0) is 19.1 Å². The number of rotatable bonds is 9. The normalized spacial score (nSPS) is 21.7. The van der Waals surface area contributed by atoms with E-state index in [1.54, 1.807) is 14.2 Å². The minimum atomic E-state index is -0.648. The fraction of sp³-hybridized carbons (Fsp3) is 0.846. The number of ether oxygens (including phenoxy) is 2. The first-order chi connectivity index (χ1) is 9.64. The van der Waals surface area contributed by atoms with E-state index in [1.807, 2.05) is 0 Å². The van der Waals surface area contributed by atoms with Crippen LogP contribution in [0.2, 0.25) is 0 Å². The lowest BCUT2D eigenvalue weighted by atomic mass is 9.82. The highest BCUT2D eigenvalue weighted by atomic mass is 16.5. The predicted molar refractivity (Wildman–Crippen MR) is 74.3 cm³/mol. The summed E-state index contributed by atoms with van der Waals surface area (Å²) in [4.78, 5) is 24.2. The molecule has 0 aromatic rings. The lowest BCUT2D eigenvalue weighted by Crippen LogP contribution is -2.46. The Kier molecular flexibility index (Phi) is 7.50. The van der Waals surface area contributed by atoms with Gasteiger partial charge in [0.25, 0.3) is 0 Å². The molecule has 0 radical (unpaired) electrons. The summed E-state index contributed by atoms with van der Waals surface area (Å²) in [5, 5.41) is 8.75. The van der Waals surface area contributed by atoms with Gasteiger partial charge in [0.05, 0.1) is 18.6 Å². The highest BCUT2D eigenvalue weighted by molar-refractivity contribution is 5.89. The van der Waals surface area contributed by atoms with Gasteiger partial charge in [-0.3, -0.25) is 9.59 Å². The minimum absolute atomic E-state index is 0.0820. The van der Waals surface area contributed by atoms with Gasteiger partial charge in [-0.1, -0.05) is 0 Å². The van der Waals surface area contributed by atoms with Gasteiger partial charge >= 0.3 is 0 Å². The van der Waals surface area contributed by atoms with Crippen LogP contribution in [0.1, 0.15) is 12.8 Å². The SMILES string of the molecule is COCCNC(=O)CC1(C(=O)NCCOC)CCNC1. The number of amides is 2. The Balaban J connectivity index is 2.49. The average molecular weight is 287 g/mol. The molecule has 0 aromatic heterocycles. The molecule has 0 aromatic carbocycles. The van der Waals surface area contributed by atoms with Crippen molar-refractivity contribution in [1.82, 2.24) is 16.0 Å². The van der Waals surface area contributed by atoms with E-state index in [0.29, 0.717) is 39.3 Å². The van der Waals surface area contributed by atoms with Gasteiger partial charge in [-0.25, -0.2) is 0 Å². The van der Waals surface area contributed by atoms with E-state index in [0.717, 1.165) is 6.54 Å². The summed E-state index contributed by atoms with van der Waals surface area (Å²) < 4.78 is 9.79. The smallest absolute Gasteiger partial charge is 0.228 e. The fourth-order valence-corrected chi connectivity index (χ4v) is 2.29. The molecule has 1 rings (SSSR count). The van der Waals surface area contributed by atoms with Gasteiger partial charge in [0.2, 0.25) is 11.8 Å². The maximum Gasteiger partial charge on any atom is 0.228 e. The molecule has 1 atom stereocenters. The van der Waals surface area contributed by atoms with Crippen LogP contribution in [0.25, 0.3) is 0 Å². The van der Waals surface area contributed by atoms with E-state index in [4.69, 9.17) is 9.47 Å². The number of carbonyl (C=O) groups is 2. The highest BCUT2D eigenvalue weighted by Crippen LogP contribution is 2.29. The molecule has 1 unspecified atom stereocenters. The van der Waals surface area contributed by atoms with Gasteiger partial charge in [-0.05, 0) is 13.0 Å². The molecule has 116 valence electrons. The van der Waals surface area contributed by atoms with Crippen LogP contribution in [0.5, 0.6) is 0 Å². The molecule has 1 heterocycles. The van der Waals surface area contributed by atoms with Crippen molar-refractivity contribution < 1.29 is 19.1 Å². The molecule has 0 saturated carbocycles. The molecule has 0 aliphatic carbocycles. The van der Waals surface area contributed by atoms with Crippen LogP contribution in [0, 0.1) is 5.41 Å². The monoisotopic (exact) mass is 287 g/mol. The molecule has 1 aliphatic rings. The Labute approximate surface area is 119 Å². The molecular formula is C13H25N3O4. The Morgan fingerprint density at radius 2 is 1.80 bits per heavy atom. The zero-order valence-electron chi connectivity index (χ0n) is 12.3. The lowest BCUT2D eigenvalue weighted by molar-refractivity contribution is -0.135. The first kappa shape index (κ1) is 16.9. The third-order valence-electron chi connectivity index (χ3n) is 3.44. The molecule has 1 fully saturated rings. The molecule has 1 saturated heterocycles. The van der Waals surface area contributed by atoms with Gasteiger partial charge in [0.1, 0.15) is 0 Å². The van der Waals surface area contributed by atoms with E-state index in [9.17, 15) is 9.59 Å². The highest BCUT2D eigenvalue weighted by Gasteiger charge is 2.42. The van der Waals surface area contributed by atoms with Crippen LogP contribution >= 0.6 is 0 Å². The first-order valence-corrected chi connectivity index (χ1v) is 6.88. The van der Waals surface area contributed by atoms with Crippen LogP contribution in [-0.4, -0.2) is 65.4 Å². The Morgan fingerprint density at radius 3 is 2.35 bits per heavy atom. The number of hydrogen-bond donors (Lipinski definition) is 3. The summed E-state index contributed by atoms with van der Waals surface area (Å²) in [6.45, 7) is 3.14. The van der Waals surface area contributed by atoms with E-state index in [2.05, 4.69) is 16.0 Å². The summed E-state index contributed by atoms with van der Waals surface area (Å²) in [6.07, 6.45) is 0.867. The zero-order valence-corrected chi connectivity index (χ0v) is 12.3. The van der Waals surface area contributed by atoms with Crippen molar-refractivity contribution in [3.63, 3.8) is 0 Å². The number of nitrogens with one attached hydrogen (secondary N) is 3. The van der Waals surface area contributed by atoms with Crippen molar-refractivity contribution >= 4 is 11.8 Å². The summed E-state index contributed by atoms with van der Waals surface area (Å²) in [5.41, 5.74) is -0.648. The number of methoxy groups -OCH3 is 2. The second-order valence-electron chi connectivity index (χ2n) is 4.98.